The molecular weight excluding hydrogens is 336 g/mol. The van der Waals surface area contributed by atoms with E-state index in [9.17, 15) is 8.42 Å². The van der Waals surface area contributed by atoms with Gasteiger partial charge in [-0.15, -0.1) is 0 Å². The van der Waals surface area contributed by atoms with E-state index in [-0.39, 0.29) is 23.7 Å². The van der Waals surface area contributed by atoms with Crippen molar-refractivity contribution in [2.24, 2.45) is 0 Å². The van der Waals surface area contributed by atoms with E-state index in [2.05, 4.69) is 5.16 Å². The fourth-order valence-electron chi connectivity index (χ4n) is 2.36. The molecule has 6 nitrogen and oxygen atoms in total. The van der Waals surface area contributed by atoms with Crippen molar-refractivity contribution < 1.29 is 17.4 Å². The minimum absolute atomic E-state index is 0.124. The molecule has 0 saturated carbocycles. The van der Waals surface area contributed by atoms with E-state index in [4.69, 9.17) is 8.94 Å². The lowest BCUT2D eigenvalue weighted by atomic mass is 10.3. The van der Waals surface area contributed by atoms with Gasteiger partial charge in [-0.25, -0.2) is 8.42 Å². The maximum absolute atomic E-state index is 13.1. The zero-order valence-corrected chi connectivity index (χ0v) is 14.4. The topological polar surface area (TPSA) is 76.6 Å². The molecule has 0 saturated heterocycles. The molecule has 0 N–H and O–H groups in total. The lowest BCUT2D eigenvalue weighted by molar-refractivity contribution is 0.356. The number of sulfonamides is 1. The highest BCUT2D eigenvalue weighted by Gasteiger charge is 2.31. The normalized spacial score (nSPS) is 12.1. The van der Waals surface area contributed by atoms with Crippen LogP contribution in [0.3, 0.4) is 0 Å². The summed E-state index contributed by atoms with van der Waals surface area (Å²) < 4.78 is 37.9. The summed E-state index contributed by atoms with van der Waals surface area (Å²) in [6, 6.07) is 5.40. The third kappa shape index (κ3) is 3.24. The van der Waals surface area contributed by atoms with E-state index in [0.717, 1.165) is 5.56 Å². The Morgan fingerprint density at radius 2 is 2.09 bits per heavy atom. The number of rotatable bonds is 6. The molecule has 0 atom stereocenters. The highest BCUT2D eigenvalue weighted by molar-refractivity contribution is 7.89. The monoisotopic (exact) mass is 352 g/mol. The second-order valence-corrected chi connectivity index (χ2v) is 7.79. The Hall–Kier alpha value is -1.90. The van der Waals surface area contributed by atoms with Crippen molar-refractivity contribution in [3.8, 4) is 0 Å². The minimum Gasteiger partial charge on any atom is -0.468 e. The Bertz CT molecular complexity index is 809. The van der Waals surface area contributed by atoms with Gasteiger partial charge in [-0.3, -0.25) is 0 Å². The molecule has 0 spiro atoms. The summed E-state index contributed by atoms with van der Waals surface area (Å²) in [5, 5.41) is 7.60. The highest BCUT2D eigenvalue weighted by Crippen LogP contribution is 2.26. The quantitative estimate of drug-likeness (QED) is 0.680. The van der Waals surface area contributed by atoms with Crippen molar-refractivity contribution in [3.05, 3.63) is 58.0 Å². The molecule has 3 aromatic rings. The molecule has 3 heterocycles. The third-order valence-electron chi connectivity index (χ3n) is 3.42. The molecule has 0 amide bonds. The van der Waals surface area contributed by atoms with Gasteiger partial charge in [-0.05, 0) is 48.4 Å². The molecule has 0 aliphatic carbocycles. The molecular formula is C15H16N2O4S2. The Morgan fingerprint density at radius 3 is 2.65 bits per heavy atom. The lowest BCUT2D eigenvalue weighted by Gasteiger charge is -2.20. The van der Waals surface area contributed by atoms with E-state index in [1.165, 1.54) is 21.9 Å². The number of aryl methyl sites for hydroxylation is 2. The van der Waals surface area contributed by atoms with Gasteiger partial charge in [0.1, 0.15) is 16.3 Å². The van der Waals surface area contributed by atoms with Gasteiger partial charge in [-0.2, -0.15) is 15.6 Å². The largest absolute Gasteiger partial charge is 0.468 e. The van der Waals surface area contributed by atoms with Crippen LogP contribution in [-0.4, -0.2) is 17.9 Å². The van der Waals surface area contributed by atoms with E-state index >= 15 is 0 Å². The molecule has 3 aromatic heterocycles. The summed E-state index contributed by atoms with van der Waals surface area (Å²) in [5.74, 6) is 0.868. The Kier molecular flexibility index (Phi) is 4.38. The van der Waals surface area contributed by atoms with Gasteiger partial charge in [0.2, 0.25) is 10.0 Å². The minimum atomic E-state index is -3.75. The smallest absolute Gasteiger partial charge is 0.249 e. The zero-order chi connectivity index (χ0) is 16.4. The molecule has 0 fully saturated rings. The van der Waals surface area contributed by atoms with Crippen LogP contribution < -0.4 is 0 Å². The average Bonchev–Trinajstić information content (AvgIpc) is 3.21. The van der Waals surface area contributed by atoms with Crippen molar-refractivity contribution in [1.82, 2.24) is 9.46 Å². The standard InChI is InChI=1S/C15H16N2O4S2/c1-11-15(12(2)21-16-11)23(18,19)17(8-13-5-7-22-10-13)9-14-4-3-6-20-14/h3-7,10H,8-9H2,1-2H3. The van der Waals surface area contributed by atoms with Crippen molar-refractivity contribution in [2.45, 2.75) is 31.8 Å². The van der Waals surface area contributed by atoms with Crippen LogP contribution in [0.1, 0.15) is 22.8 Å². The van der Waals surface area contributed by atoms with Gasteiger partial charge >= 0.3 is 0 Å². The number of hydrogen-bond acceptors (Lipinski definition) is 6. The van der Waals surface area contributed by atoms with E-state index in [0.29, 0.717) is 11.5 Å². The fourth-order valence-corrected chi connectivity index (χ4v) is 4.71. The summed E-state index contributed by atoms with van der Waals surface area (Å²) in [6.07, 6.45) is 1.53. The van der Waals surface area contributed by atoms with Crippen LogP contribution in [0.2, 0.25) is 0 Å². The number of furan rings is 1. The van der Waals surface area contributed by atoms with Crippen molar-refractivity contribution in [3.63, 3.8) is 0 Å². The van der Waals surface area contributed by atoms with Gasteiger partial charge in [0, 0.05) is 6.54 Å². The second-order valence-electron chi connectivity index (χ2n) is 5.14. The molecule has 3 rings (SSSR count). The van der Waals surface area contributed by atoms with Gasteiger partial charge in [0.15, 0.2) is 5.76 Å². The first-order chi connectivity index (χ1) is 11.0. The summed E-state index contributed by atoms with van der Waals surface area (Å²) in [7, 11) is -3.75. The number of aromatic nitrogens is 1. The Balaban J connectivity index is 1.99. The predicted molar refractivity (Wildman–Crippen MR) is 85.4 cm³/mol. The first-order valence-corrected chi connectivity index (χ1v) is 9.33. The summed E-state index contributed by atoms with van der Waals surface area (Å²) in [5.41, 5.74) is 1.29. The average molecular weight is 352 g/mol. The van der Waals surface area contributed by atoms with Crippen molar-refractivity contribution in [2.75, 3.05) is 0 Å². The van der Waals surface area contributed by atoms with Crippen LogP contribution in [0, 0.1) is 13.8 Å². The molecule has 0 aromatic carbocycles. The van der Waals surface area contributed by atoms with Crippen LogP contribution in [0.25, 0.3) is 0 Å². The fraction of sp³-hybridized carbons (Fsp3) is 0.267. The molecule has 23 heavy (non-hydrogen) atoms. The van der Waals surface area contributed by atoms with Gasteiger partial charge in [0.25, 0.3) is 0 Å². The van der Waals surface area contributed by atoms with Gasteiger partial charge in [-0.1, -0.05) is 5.16 Å². The molecule has 0 radical (unpaired) electrons. The molecule has 0 aliphatic heterocycles. The van der Waals surface area contributed by atoms with Gasteiger partial charge in [0.05, 0.1) is 12.8 Å². The van der Waals surface area contributed by atoms with E-state index < -0.39 is 10.0 Å². The second kappa shape index (κ2) is 6.31. The number of hydrogen-bond donors (Lipinski definition) is 0. The van der Waals surface area contributed by atoms with Crippen molar-refractivity contribution >= 4 is 21.4 Å². The van der Waals surface area contributed by atoms with Crippen LogP contribution in [0.15, 0.2) is 49.1 Å². The maximum atomic E-state index is 13.1. The van der Waals surface area contributed by atoms with E-state index in [1.54, 1.807) is 26.0 Å². The number of nitrogens with zero attached hydrogens (tertiary/aromatic N) is 2. The zero-order valence-electron chi connectivity index (χ0n) is 12.7. The SMILES string of the molecule is Cc1noc(C)c1S(=O)(=O)N(Cc1ccsc1)Cc1ccco1. The molecule has 8 heteroatoms. The first-order valence-electron chi connectivity index (χ1n) is 6.95. The molecule has 0 aliphatic rings. The van der Waals surface area contributed by atoms with Gasteiger partial charge < -0.3 is 8.94 Å². The summed E-state index contributed by atoms with van der Waals surface area (Å²) in [6.45, 7) is 3.63. The number of thiophene rings is 1. The molecule has 122 valence electrons. The Labute approximate surface area is 138 Å². The lowest BCUT2D eigenvalue weighted by Crippen LogP contribution is -2.30. The molecule has 0 unspecified atom stereocenters. The van der Waals surface area contributed by atoms with Crippen LogP contribution in [0.4, 0.5) is 0 Å². The third-order valence-corrected chi connectivity index (χ3v) is 6.19. The van der Waals surface area contributed by atoms with Crippen LogP contribution >= 0.6 is 11.3 Å². The summed E-state index contributed by atoms with van der Waals surface area (Å²) >= 11 is 1.53. The highest BCUT2D eigenvalue weighted by atomic mass is 32.2. The Morgan fingerprint density at radius 1 is 1.26 bits per heavy atom. The maximum Gasteiger partial charge on any atom is 0.249 e. The first kappa shape index (κ1) is 16.0. The van der Waals surface area contributed by atoms with Crippen molar-refractivity contribution in [1.29, 1.82) is 0 Å². The van der Waals surface area contributed by atoms with Crippen LogP contribution in [-0.2, 0) is 23.1 Å². The predicted octanol–water partition coefficient (Wildman–Crippen LogP) is 3.34. The van der Waals surface area contributed by atoms with Crippen LogP contribution in [0.5, 0.6) is 0 Å². The molecule has 0 bridgehead atoms. The van der Waals surface area contributed by atoms with E-state index in [1.807, 2.05) is 16.8 Å². The summed E-state index contributed by atoms with van der Waals surface area (Å²) in [4.78, 5) is 0.124.